The quantitative estimate of drug-likeness (QED) is 0.760. The molecule has 3 rings (SSSR count). The van der Waals surface area contributed by atoms with E-state index in [1.165, 1.54) is 7.11 Å². The van der Waals surface area contributed by atoms with Gasteiger partial charge < -0.3 is 19.5 Å². The average molecular weight is 376 g/mol. The van der Waals surface area contributed by atoms with Gasteiger partial charge in [-0.05, 0) is 50.6 Å². The number of carbonyl (C=O) groups is 2. The Hall–Kier alpha value is -1.96. The minimum atomic E-state index is -0.365. The number of hydrogen-bond donors (Lipinski definition) is 1. The third kappa shape index (κ3) is 5.06. The second-order valence-corrected chi connectivity index (χ2v) is 7.07. The topological polar surface area (TPSA) is 77.1 Å². The molecule has 1 amide bonds. The van der Waals surface area contributed by atoms with E-state index >= 15 is 0 Å². The number of hydrogen-bond acceptors (Lipinski definition) is 6. The highest BCUT2D eigenvalue weighted by molar-refractivity contribution is 5.89. The maximum Gasteiger partial charge on any atom is 0.337 e. The number of amides is 1. The van der Waals surface area contributed by atoms with Gasteiger partial charge >= 0.3 is 5.97 Å². The fourth-order valence-electron chi connectivity index (χ4n) is 3.61. The number of methoxy groups -OCH3 is 1. The summed E-state index contributed by atoms with van der Waals surface area (Å²) in [5.74, 6) is 0.0715. The van der Waals surface area contributed by atoms with Gasteiger partial charge in [-0.15, -0.1) is 0 Å². The zero-order chi connectivity index (χ0) is 19.2. The lowest BCUT2D eigenvalue weighted by Crippen LogP contribution is -2.49. The Balaban J connectivity index is 1.43. The first-order valence-electron chi connectivity index (χ1n) is 9.50. The fourth-order valence-corrected chi connectivity index (χ4v) is 3.61. The van der Waals surface area contributed by atoms with Crippen molar-refractivity contribution in [2.45, 2.75) is 38.6 Å². The monoisotopic (exact) mass is 376 g/mol. The molecule has 7 nitrogen and oxygen atoms in total. The van der Waals surface area contributed by atoms with E-state index in [4.69, 9.17) is 9.47 Å². The number of nitrogens with one attached hydrogen (secondary N) is 1. The lowest BCUT2D eigenvalue weighted by Gasteiger charge is -2.36. The SMILES string of the molecule is COC(=O)c1ccc(CNC(=O)C(C)N2CCC(C3OCCO3)CC2)cc1. The van der Waals surface area contributed by atoms with Gasteiger partial charge in [-0.1, -0.05) is 12.1 Å². The number of likely N-dealkylation sites (tertiary alicyclic amines) is 1. The lowest BCUT2D eigenvalue weighted by molar-refractivity contribution is -0.128. The van der Waals surface area contributed by atoms with Gasteiger partial charge in [0.2, 0.25) is 5.91 Å². The Morgan fingerprint density at radius 3 is 2.41 bits per heavy atom. The molecule has 2 aliphatic heterocycles. The van der Waals surface area contributed by atoms with Crippen molar-refractivity contribution in [3.63, 3.8) is 0 Å². The fraction of sp³-hybridized carbons (Fsp3) is 0.600. The van der Waals surface area contributed by atoms with E-state index in [1.54, 1.807) is 12.1 Å². The summed E-state index contributed by atoms with van der Waals surface area (Å²) in [6.07, 6.45) is 1.90. The molecule has 0 radical (unpaired) electrons. The first kappa shape index (κ1) is 19.8. The molecule has 1 N–H and O–H groups in total. The van der Waals surface area contributed by atoms with Crippen molar-refractivity contribution < 1.29 is 23.8 Å². The highest BCUT2D eigenvalue weighted by atomic mass is 16.7. The molecule has 1 aromatic rings. The smallest absolute Gasteiger partial charge is 0.337 e. The van der Waals surface area contributed by atoms with Crippen LogP contribution in [0.15, 0.2) is 24.3 Å². The van der Waals surface area contributed by atoms with Crippen molar-refractivity contribution >= 4 is 11.9 Å². The van der Waals surface area contributed by atoms with E-state index in [0.717, 1.165) is 31.5 Å². The Labute approximate surface area is 160 Å². The average Bonchev–Trinajstić information content (AvgIpc) is 3.26. The summed E-state index contributed by atoms with van der Waals surface area (Å²) < 4.78 is 15.9. The molecule has 1 atom stereocenters. The van der Waals surface area contributed by atoms with Crippen LogP contribution in [0.5, 0.6) is 0 Å². The predicted octanol–water partition coefficient (Wildman–Crippen LogP) is 1.56. The molecule has 27 heavy (non-hydrogen) atoms. The zero-order valence-electron chi connectivity index (χ0n) is 16.0. The Morgan fingerprint density at radius 2 is 1.81 bits per heavy atom. The first-order chi connectivity index (χ1) is 13.1. The molecule has 0 aromatic heterocycles. The van der Waals surface area contributed by atoms with Gasteiger partial charge in [0.25, 0.3) is 0 Å². The van der Waals surface area contributed by atoms with E-state index in [-0.39, 0.29) is 24.2 Å². The molecule has 1 aromatic carbocycles. The summed E-state index contributed by atoms with van der Waals surface area (Å²) in [6, 6.07) is 6.88. The third-order valence-corrected chi connectivity index (χ3v) is 5.38. The van der Waals surface area contributed by atoms with Gasteiger partial charge in [0.1, 0.15) is 0 Å². The molecule has 0 aliphatic carbocycles. The van der Waals surface area contributed by atoms with Gasteiger partial charge in [-0.3, -0.25) is 9.69 Å². The third-order valence-electron chi connectivity index (χ3n) is 5.38. The minimum absolute atomic E-state index is 0.0128. The molecule has 0 saturated carbocycles. The summed E-state index contributed by atoms with van der Waals surface area (Å²) in [7, 11) is 1.36. The van der Waals surface area contributed by atoms with E-state index in [0.29, 0.717) is 31.2 Å². The molecule has 2 fully saturated rings. The van der Waals surface area contributed by atoms with Crippen LogP contribution in [0.1, 0.15) is 35.7 Å². The second kappa shape index (κ2) is 9.30. The lowest BCUT2D eigenvalue weighted by atomic mass is 9.95. The Kier molecular flexibility index (Phi) is 6.82. The number of ether oxygens (including phenoxy) is 3. The molecule has 7 heteroatoms. The van der Waals surface area contributed by atoms with Crippen molar-refractivity contribution in [2.24, 2.45) is 5.92 Å². The number of carbonyl (C=O) groups excluding carboxylic acids is 2. The van der Waals surface area contributed by atoms with Crippen molar-refractivity contribution in [1.82, 2.24) is 10.2 Å². The molecule has 0 spiro atoms. The van der Waals surface area contributed by atoms with Gasteiger partial charge in [0, 0.05) is 12.5 Å². The van der Waals surface area contributed by atoms with Gasteiger partial charge in [0.15, 0.2) is 6.29 Å². The van der Waals surface area contributed by atoms with Crippen LogP contribution in [0, 0.1) is 5.92 Å². The Morgan fingerprint density at radius 1 is 1.19 bits per heavy atom. The molecular formula is C20H28N2O5. The predicted molar refractivity (Wildman–Crippen MR) is 99.1 cm³/mol. The van der Waals surface area contributed by atoms with Crippen LogP contribution in [0.3, 0.4) is 0 Å². The van der Waals surface area contributed by atoms with Crippen LogP contribution >= 0.6 is 0 Å². The summed E-state index contributed by atoms with van der Waals surface area (Å²) >= 11 is 0. The maximum atomic E-state index is 12.5. The normalized spacial score (nSPS) is 20.4. The summed E-state index contributed by atoms with van der Waals surface area (Å²) in [5.41, 5.74) is 1.44. The number of piperidine rings is 1. The van der Waals surface area contributed by atoms with Crippen LogP contribution in [0.4, 0.5) is 0 Å². The molecule has 2 aliphatic rings. The van der Waals surface area contributed by atoms with Crippen molar-refractivity contribution in [2.75, 3.05) is 33.4 Å². The van der Waals surface area contributed by atoms with Crippen LogP contribution in [0.2, 0.25) is 0 Å². The van der Waals surface area contributed by atoms with Crippen LogP contribution < -0.4 is 5.32 Å². The van der Waals surface area contributed by atoms with E-state index in [2.05, 4.69) is 15.0 Å². The summed E-state index contributed by atoms with van der Waals surface area (Å²) in [5, 5.41) is 2.98. The Bertz CT molecular complexity index is 634. The zero-order valence-corrected chi connectivity index (χ0v) is 16.0. The number of rotatable bonds is 6. The maximum absolute atomic E-state index is 12.5. The van der Waals surface area contributed by atoms with Gasteiger partial charge in [-0.25, -0.2) is 4.79 Å². The van der Waals surface area contributed by atoms with Crippen LogP contribution in [0.25, 0.3) is 0 Å². The van der Waals surface area contributed by atoms with E-state index in [1.807, 2.05) is 19.1 Å². The largest absolute Gasteiger partial charge is 0.465 e. The molecule has 0 bridgehead atoms. The molecular weight excluding hydrogens is 348 g/mol. The van der Waals surface area contributed by atoms with E-state index < -0.39 is 0 Å². The standard InChI is InChI=1S/C20H28N2O5/c1-14(22-9-7-17(8-10-22)20-26-11-12-27-20)18(23)21-13-15-3-5-16(6-4-15)19(24)25-2/h3-6,14,17,20H,7-13H2,1-2H3,(H,21,23). The number of esters is 1. The molecule has 2 saturated heterocycles. The highest BCUT2D eigenvalue weighted by Crippen LogP contribution is 2.26. The minimum Gasteiger partial charge on any atom is -0.465 e. The van der Waals surface area contributed by atoms with Gasteiger partial charge in [-0.2, -0.15) is 0 Å². The second-order valence-electron chi connectivity index (χ2n) is 7.07. The van der Waals surface area contributed by atoms with Crippen molar-refractivity contribution in [3.8, 4) is 0 Å². The summed E-state index contributed by atoms with van der Waals surface area (Å²) in [6.45, 7) is 5.49. The highest BCUT2D eigenvalue weighted by Gasteiger charge is 2.33. The van der Waals surface area contributed by atoms with Crippen molar-refractivity contribution in [3.05, 3.63) is 35.4 Å². The number of benzene rings is 1. The molecule has 1 unspecified atom stereocenters. The van der Waals surface area contributed by atoms with Gasteiger partial charge in [0.05, 0.1) is 31.9 Å². The molecule has 148 valence electrons. The summed E-state index contributed by atoms with van der Waals surface area (Å²) in [4.78, 5) is 26.2. The van der Waals surface area contributed by atoms with Crippen LogP contribution in [-0.4, -0.2) is 62.5 Å². The first-order valence-corrected chi connectivity index (χ1v) is 9.50. The van der Waals surface area contributed by atoms with Crippen molar-refractivity contribution in [1.29, 1.82) is 0 Å². The van der Waals surface area contributed by atoms with Crippen LogP contribution in [-0.2, 0) is 25.5 Å². The molecule has 2 heterocycles. The van der Waals surface area contributed by atoms with E-state index in [9.17, 15) is 9.59 Å². The number of nitrogens with zero attached hydrogens (tertiary/aromatic N) is 1.